The lowest BCUT2D eigenvalue weighted by Gasteiger charge is -2.10. The lowest BCUT2D eigenvalue weighted by atomic mass is 10.2. The summed E-state index contributed by atoms with van der Waals surface area (Å²) in [5.41, 5.74) is 1.53. The van der Waals surface area contributed by atoms with Crippen molar-refractivity contribution in [2.45, 2.75) is 13.5 Å². The number of amides is 1. The van der Waals surface area contributed by atoms with E-state index in [-0.39, 0.29) is 6.54 Å². The Kier molecular flexibility index (Phi) is 5.51. The summed E-state index contributed by atoms with van der Waals surface area (Å²) in [7, 11) is 0. The van der Waals surface area contributed by atoms with E-state index in [4.69, 9.17) is 34.8 Å². The molecule has 0 fully saturated rings. The van der Waals surface area contributed by atoms with Gasteiger partial charge in [-0.3, -0.25) is 9.59 Å². The third-order valence-electron chi connectivity index (χ3n) is 4.42. The minimum absolute atomic E-state index is 0.281. The van der Waals surface area contributed by atoms with Gasteiger partial charge in [0, 0.05) is 16.1 Å². The van der Waals surface area contributed by atoms with Gasteiger partial charge >= 0.3 is 0 Å². The van der Waals surface area contributed by atoms with E-state index in [0.717, 1.165) is 4.68 Å². The average Bonchev–Trinajstić information content (AvgIpc) is 3.15. The lowest BCUT2D eigenvalue weighted by Crippen LogP contribution is -2.31. The van der Waals surface area contributed by atoms with Gasteiger partial charge in [0.05, 0.1) is 27.6 Å². The number of anilines is 1. The average molecular weight is 463 g/mol. The van der Waals surface area contributed by atoms with Gasteiger partial charge in [0.25, 0.3) is 5.56 Å². The third-order valence-corrected chi connectivity index (χ3v) is 5.39. The van der Waals surface area contributed by atoms with Crippen LogP contribution in [-0.4, -0.2) is 25.5 Å². The number of fused-ring (bicyclic) bond motifs is 1. The van der Waals surface area contributed by atoms with Crippen molar-refractivity contribution in [3.8, 4) is 5.69 Å². The summed E-state index contributed by atoms with van der Waals surface area (Å²) in [6.45, 7) is 1.47. The first kappa shape index (κ1) is 20.4. The van der Waals surface area contributed by atoms with Gasteiger partial charge in [0.1, 0.15) is 12.1 Å². The van der Waals surface area contributed by atoms with Gasteiger partial charge in [0.2, 0.25) is 5.91 Å². The van der Waals surface area contributed by atoms with E-state index in [1.165, 1.54) is 10.7 Å². The molecule has 0 spiro atoms. The SMILES string of the molecule is Cc1nn(CC(=O)Nc2ccc(Cl)c(Cl)c2)c(=O)c2c1cnn2-c1cccc(Cl)c1. The Morgan fingerprint density at radius 3 is 2.63 bits per heavy atom. The zero-order valence-corrected chi connectivity index (χ0v) is 17.8. The molecule has 0 radical (unpaired) electrons. The fraction of sp³-hybridized carbons (Fsp3) is 0.100. The quantitative estimate of drug-likeness (QED) is 0.484. The van der Waals surface area contributed by atoms with Crippen LogP contribution in [0.1, 0.15) is 5.69 Å². The zero-order chi connectivity index (χ0) is 21.4. The predicted octanol–water partition coefficient (Wildman–Crippen LogP) is 4.49. The molecule has 0 atom stereocenters. The van der Waals surface area contributed by atoms with E-state index in [1.807, 2.05) is 0 Å². The first-order valence-corrected chi connectivity index (χ1v) is 9.93. The van der Waals surface area contributed by atoms with Crippen LogP contribution in [-0.2, 0) is 11.3 Å². The van der Waals surface area contributed by atoms with Crippen molar-refractivity contribution in [3.05, 3.63) is 79.8 Å². The summed E-state index contributed by atoms with van der Waals surface area (Å²) >= 11 is 17.9. The molecule has 0 aliphatic rings. The fourth-order valence-electron chi connectivity index (χ4n) is 3.04. The first-order valence-electron chi connectivity index (χ1n) is 8.80. The smallest absolute Gasteiger partial charge is 0.293 e. The Labute approximate surface area is 185 Å². The molecule has 2 heterocycles. The highest BCUT2D eigenvalue weighted by Crippen LogP contribution is 2.25. The van der Waals surface area contributed by atoms with E-state index >= 15 is 0 Å². The Morgan fingerprint density at radius 2 is 1.90 bits per heavy atom. The number of rotatable bonds is 4. The monoisotopic (exact) mass is 461 g/mol. The highest BCUT2D eigenvalue weighted by Gasteiger charge is 2.17. The van der Waals surface area contributed by atoms with Gasteiger partial charge in [-0.25, -0.2) is 9.36 Å². The lowest BCUT2D eigenvalue weighted by molar-refractivity contribution is -0.117. The molecule has 0 saturated heterocycles. The second kappa shape index (κ2) is 8.10. The molecule has 0 saturated carbocycles. The number of nitrogens with zero attached hydrogens (tertiary/aromatic N) is 4. The molecule has 4 aromatic rings. The van der Waals surface area contributed by atoms with Crippen molar-refractivity contribution >= 4 is 57.3 Å². The van der Waals surface area contributed by atoms with Crippen LogP contribution in [0.4, 0.5) is 5.69 Å². The molecule has 10 heteroatoms. The Morgan fingerprint density at radius 1 is 1.10 bits per heavy atom. The maximum Gasteiger partial charge on any atom is 0.293 e. The maximum atomic E-state index is 13.1. The molecule has 1 N–H and O–H groups in total. The summed E-state index contributed by atoms with van der Waals surface area (Å²) in [5, 5.41) is 13.1. The molecule has 0 unspecified atom stereocenters. The number of nitrogens with one attached hydrogen (secondary N) is 1. The van der Waals surface area contributed by atoms with Crippen LogP contribution in [0.3, 0.4) is 0 Å². The van der Waals surface area contributed by atoms with E-state index in [1.54, 1.807) is 49.5 Å². The van der Waals surface area contributed by atoms with Crippen LogP contribution in [0.5, 0.6) is 0 Å². The molecule has 152 valence electrons. The Bertz CT molecular complexity index is 1350. The standard InChI is InChI=1S/C20H14Cl3N5O2/c1-11-15-9-24-28(14-4-2-3-12(21)7-14)19(15)20(30)27(26-11)10-18(29)25-13-5-6-16(22)17(23)8-13/h2-9H,10H2,1H3,(H,25,29). The summed E-state index contributed by atoms with van der Waals surface area (Å²) in [6, 6.07) is 11.7. The second-order valence-corrected chi connectivity index (χ2v) is 7.77. The second-order valence-electron chi connectivity index (χ2n) is 6.52. The molecular weight excluding hydrogens is 449 g/mol. The first-order chi connectivity index (χ1) is 14.3. The van der Waals surface area contributed by atoms with Gasteiger partial charge in [-0.15, -0.1) is 0 Å². The van der Waals surface area contributed by atoms with Crippen molar-refractivity contribution in [1.82, 2.24) is 19.6 Å². The summed E-state index contributed by atoms with van der Waals surface area (Å²) < 4.78 is 2.60. The number of hydrogen-bond acceptors (Lipinski definition) is 4. The molecule has 0 bridgehead atoms. The van der Waals surface area contributed by atoms with Crippen molar-refractivity contribution in [2.24, 2.45) is 0 Å². The predicted molar refractivity (Wildman–Crippen MR) is 118 cm³/mol. The number of hydrogen-bond donors (Lipinski definition) is 1. The van der Waals surface area contributed by atoms with Crippen LogP contribution in [0.2, 0.25) is 15.1 Å². The van der Waals surface area contributed by atoms with Crippen molar-refractivity contribution in [3.63, 3.8) is 0 Å². The van der Waals surface area contributed by atoms with Crippen LogP contribution < -0.4 is 10.9 Å². The number of halogens is 3. The molecule has 2 aromatic heterocycles. The molecule has 1 amide bonds. The summed E-state index contributed by atoms with van der Waals surface area (Å²) in [5.74, 6) is -0.435. The van der Waals surface area contributed by atoms with Crippen molar-refractivity contribution in [1.29, 1.82) is 0 Å². The van der Waals surface area contributed by atoms with E-state index in [2.05, 4.69) is 15.5 Å². The number of carbonyl (C=O) groups is 1. The highest BCUT2D eigenvalue weighted by molar-refractivity contribution is 6.42. The number of carbonyl (C=O) groups excluding carboxylic acids is 1. The van der Waals surface area contributed by atoms with Crippen LogP contribution in [0, 0.1) is 6.92 Å². The Hall–Kier alpha value is -2.87. The number of aromatic nitrogens is 4. The van der Waals surface area contributed by atoms with Gasteiger partial charge in [-0.1, -0.05) is 40.9 Å². The topological polar surface area (TPSA) is 81.8 Å². The molecule has 0 aliphatic heterocycles. The minimum Gasteiger partial charge on any atom is -0.324 e. The van der Waals surface area contributed by atoms with Gasteiger partial charge in [-0.05, 0) is 43.3 Å². The van der Waals surface area contributed by atoms with Crippen molar-refractivity contribution < 1.29 is 4.79 Å². The molecule has 2 aromatic carbocycles. The van der Waals surface area contributed by atoms with E-state index in [9.17, 15) is 9.59 Å². The largest absolute Gasteiger partial charge is 0.324 e. The van der Waals surface area contributed by atoms with Crippen LogP contribution in [0.15, 0.2) is 53.5 Å². The zero-order valence-electron chi connectivity index (χ0n) is 15.6. The molecule has 7 nitrogen and oxygen atoms in total. The molecule has 0 aliphatic carbocycles. The van der Waals surface area contributed by atoms with Crippen LogP contribution in [0.25, 0.3) is 16.6 Å². The molecule has 30 heavy (non-hydrogen) atoms. The number of benzene rings is 2. The van der Waals surface area contributed by atoms with E-state index < -0.39 is 11.5 Å². The maximum absolute atomic E-state index is 13.1. The summed E-state index contributed by atoms with van der Waals surface area (Å²) in [6.07, 6.45) is 1.57. The van der Waals surface area contributed by atoms with Gasteiger partial charge in [0.15, 0.2) is 0 Å². The normalized spacial score (nSPS) is 11.1. The Balaban J connectivity index is 1.70. The van der Waals surface area contributed by atoms with Gasteiger partial charge < -0.3 is 5.32 Å². The number of aryl methyl sites for hydroxylation is 1. The van der Waals surface area contributed by atoms with E-state index in [0.29, 0.717) is 43.0 Å². The highest BCUT2D eigenvalue weighted by atomic mass is 35.5. The summed E-state index contributed by atoms with van der Waals surface area (Å²) in [4.78, 5) is 25.6. The third kappa shape index (κ3) is 3.92. The molecule has 4 rings (SSSR count). The van der Waals surface area contributed by atoms with Crippen LogP contribution >= 0.6 is 34.8 Å². The van der Waals surface area contributed by atoms with Gasteiger partial charge in [-0.2, -0.15) is 10.2 Å². The fourth-order valence-corrected chi connectivity index (χ4v) is 3.53. The van der Waals surface area contributed by atoms with Crippen molar-refractivity contribution in [2.75, 3.05) is 5.32 Å². The minimum atomic E-state index is -0.447. The molecular formula is C20H14Cl3N5O2.